The second-order valence-electron chi connectivity index (χ2n) is 7.81. The number of hydrogen-bond donors (Lipinski definition) is 1. The van der Waals surface area contributed by atoms with E-state index in [-0.39, 0.29) is 5.91 Å². The van der Waals surface area contributed by atoms with E-state index in [0.29, 0.717) is 11.5 Å². The molecule has 4 rings (SSSR count). The first-order valence-corrected chi connectivity index (χ1v) is 10.4. The Morgan fingerprint density at radius 3 is 2.27 bits per heavy atom. The van der Waals surface area contributed by atoms with E-state index < -0.39 is 0 Å². The molecule has 30 heavy (non-hydrogen) atoms. The van der Waals surface area contributed by atoms with Crippen molar-refractivity contribution in [3.05, 3.63) is 78.0 Å². The van der Waals surface area contributed by atoms with Crippen LogP contribution in [0.4, 0.5) is 11.4 Å². The standard InChI is InChI=1S/C25H27N3O2/c1-18(2)19-3-5-20(6-4-19)24-12-7-21(17-26-24)25(29)27-22-8-10-23(11-9-22)28-13-15-30-16-14-28/h3-12,17-18H,13-16H2,1-2H3,(H,27,29). The van der Waals surface area contributed by atoms with E-state index in [9.17, 15) is 4.79 Å². The third kappa shape index (κ3) is 4.69. The molecule has 2 aromatic carbocycles. The van der Waals surface area contributed by atoms with E-state index >= 15 is 0 Å². The number of pyridine rings is 1. The van der Waals surface area contributed by atoms with Crippen LogP contribution in [0.5, 0.6) is 0 Å². The SMILES string of the molecule is CC(C)c1ccc(-c2ccc(C(=O)Nc3ccc(N4CCOCC4)cc3)cn2)cc1. The second-order valence-corrected chi connectivity index (χ2v) is 7.81. The molecular formula is C25H27N3O2. The molecule has 1 amide bonds. The minimum absolute atomic E-state index is 0.164. The van der Waals surface area contributed by atoms with Gasteiger partial charge in [-0.25, -0.2) is 0 Å². The lowest BCUT2D eigenvalue weighted by Crippen LogP contribution is -2.36. The van der Waals surface area contributed by atoms with Crippen molar-refractivity contribution in [1.82, 2.24) is 4.98 Å². The molecule has 1 saturated heterocycles. The number of benzene rings is 2. The van der Waals surface area contributed by atoms with E-state index in [1.807, 2.05) is 36.4 Å². The van der Waals surface area contributed by atoms with Gasteiger partial charge in [0.2, 0.25) is 0 Å². The van der Waals surface area contributed by atoms with Gasteiger partial charge >= 0.3 is 0 Å². The molecule has 0 bridgehead atoms. The van der Waals surface area contributed by atoms with Gasteiger partial charge in [-0.1, -0.05) is 38.1 Å². The second kappa shape index (κ2) is 9.09. The average molecular weight is 402 g/mol. The van der Waals surface area contributed by atoms with Crippen molar-refractivity contribution in [2.45, 2.75) is 19.8 Å². The van der Waals surface area contributed by atoms with Gasteiger partial charge in [0.15, 0.2) is 0 Å². The highest BCUT2D eigenvalue weighted by Gasteiger charge is 2.12. The molecule has 0 aliphatic carbocycles. The number of amides is 1. The average Bonchev–Trinajstić information content (AvgIpc) is 2.80. The number of rotatable bonds is 5. The van der Waals surface area contributed by atoms with Crippen LogP contribution >= 0.6 is 0 Å². The van der Waals surface area contributed by atoms with Crippen molar-refractivity contribution < 1.29 is 9.53 Å². The lowest BCUT2D eigenvalue weighted by atomic mass is 10.0. The molecule has 1 aromatic heterocycles. The number of aromatic nitrogens is 1. The summed E-state index contributed by atoms with van der Waals surface area (Å²) in [5, 5.41) is 2.95. The highest BCUT2D eigenvalue weighted by Crippen LogP contribution is 2.22. The minimum atomic E-state index is -0.164. The zero-order chi connectivity index (χ0) is 20.9. The van der Waals surface area contributed by atoms with E-state index in [1.54, 1.807) is 6.20 Å². The van der Waals surface area contributed by atoms with Gasteiger partial charge in [-0.3, -0.25) is 9.78 Å². The highest BCUT2D eigenvalue weighted by molar-refractivity contribution is 6.04. The molecule has 0 atom stereocenters. The fourth-order valence-electron chi connectivity index (χ4n) is 3.52. The minimum Gasteiger partial charge on any atom is -0.378 e. The zero-order valence-electron chi connectivity index (χ0n) is 17.5. The maximum Gasteiger partial charge on any atom is 0.257 e. The van der Waals surface area contributed by atoms with Crippen LogP contribution in [0, 0.1) is 0 Å². The summed E-state index contributed by atoms with van der Waals surface area (Å²) in [5.74, 6) is 0.337. The fraction of sp³-hybridized carbons (Fsp3) is 0.280. The summed E-state index contributed by atoms with van der Waals surface area (Å²) in [6.07, 6.45) is 1.63. The third-order valence-corrected chi connectivity index (χ3v) is 5.40. The Balaban J connectivity index is 1.40. The quantitative estimate of drug-likeness (QED) is 0.656. The molecule has 0 saturated carbocycles. The molecule has 0 unspecified atom stereocenters. The normalized spacial score (nSPS) is 14.0. The van der Waals surface area contributed by atoms with Crippen LogP contribution in [-0.4, -0.2) is 37.2 Å². The van der Waals surface area contributed by atoms with Gasteiger partial charge < -0.3 is 15.0 Å². The molecule has 0 spiro atoms. The van der Waals surface area contributed by atoms with Crippen LogP contribution in [0.25, 0.3) is 11.3 Å². The first kappa shape index (κ1) is 20.1. The predicted octanol–water partition coefficient (Wildman–Crippen LogP) is 4.96. The molecule has 3 aromatic rings. The van der Waals surface area contributed by atoms with Crippen LogP contribution < -0.4 is 10.2 Å². The third-order valence-electron chi connectivity index (χ3n) is 5.40. The van der Waals surface area contributed by atoms with Crippen molar-refractivity contribution >= 4 is 17.3 Å². The van der Waals surface area contributed by atoms with Gasteiger partial charge in [0, 0.05) is 36.2 Å². The Labute approximate surface area is 177 Å². The number of carbonyl (C=O) groups is 1. The number of anilines is 2. The van der Waals surface area contributed by atoms with Gasteiger partial charge in [0.1, 0.15) is 0 Å². The first-order chi connectivity index (χ1) is 14.6. The molecule has 0 radical (unpaired) electrons. The monoisotopic (exact) mass is 401 g/mol. The van der Waals surface area contributed by atoms with Crippen LogP contribution in [0.3, 0.4) is 0 Å². The molecule has 5 nitrogen and oxygen atoms in total. The van der Waals surface area contributed by atoms with Gasteiger partial charge in [0.25, 0.3) is 5.91 Å². The summed E-state index contributed by atoms with van der Waals surface area (Å²) < 4.78 is 5.39. The fourth-order valence-corrected chi connectivity index (χ4v) is 3.52. The topological polar surface area (TPSA) is 54.5 Å². The van der Waals surface area contributed by atoms with E-state index in [0.717, 1.165) is 48.9 Å². The van der Waals surface area contributed by atoms with Gasteiger partial charge in [-0.05, 0) is 47.9 Å². The molecule has 1 aliphatic rings. The number of hydrogen-bond acceptors (Lipinski definition) is 4. The maximum absolute atomic E-state index is 12.6. The lowest BCUT2D eigenvalue weighted by Gasteiger charge is -2.28. The summed E-state index contributed by atoms with van der Waals surface area (Å²) in [6.45, 7) is 7.65. The Morgan fingerprint density at radius 2 is 1.67 bits per heavy atom. The summed E-state index contributed by atoms with van der Waals surface area (Å²) in [7, 11) is 0. The van der Waals surface area contributed by atoms with Gasteiger partial charge in [-0.2, -0.15) is 0 Å². The maximum atomic E-state index is 12.6. The van der Waals surface area contributed by atoms with Crippen molar-refractivity contribution in [3.63, 3.8) is 0 Å². The van der Waals surface area contributed by atoms with Gasteiger partial charge in [0.05, 0.1) is 24.5 Å². The van der Waals surface area contributed by atoms with Crippen molar-refractivity contribution in [2.24, 2.45) is 0 Å². The molecule has 5 heteroatoms. The van der Waals surface area contributed by atoms with Crippen molar-refractivity contribution in [3.8, 4) is 11.3 Å². The predicted molar refractivity (Wildman–Crippen MR) is 121 cm³/mol. The Morgan fingerprint density at radius 1 is 0.967 bits per heavy atom. The Bertz CT molecular complexity index is 974. The number of nitrogens with zero attached hydrogens (tertiary/aromatic N) is 2. The number of carbonyl (C=O) groups excluding carboxylic acids is 1. The molecule has 1 aliphatic heterocycles. The van der Waals surface area contributed by atoms with Gasteiger partial charge in [-0.15, -0.1) is 0 Å². The summed E-state index contributed by atoms with van der Waals surface area (Å²) in [6, 6.07) is 20.0. The molecule has 2 heterocycles. The zero-order valence-corrected chi connectivity index (χ0v) is 17.5. The molecular weight excluding hydrogens is 374 g/mol. The lowest BCUT2D eigenvalue weighted by molar-refractivity contribution is 0.102. The number of nitrogens with one attached hydrogen (secondary N) is 1. The van der Waals surface area contributed by atoms with Crippen LogP contribution in [0.15, 0.2) is 66.9 Å². The Hall–Kier alpha value is -3.18. The summed E-state index contributed by atoms with van der Waals surface area (Å²) in [5.41, 5.74) is 5.65. The smallest absolute Gasteiger partial charge is 0.257 e. The molecule has 154 valence electrons. The van der Waals surface area contributed by atoms with E-state index in [2.05, 4.69) is 53.3 Å². The molecule has 1 N–H and O–H groups in total. The first-order valence-electron chi connectivity index (χ1n) is 10.4. The molecule has 1 fully saturated rings. The Kier molecular flexibility index (Phi) is 6.10. The van der Waals surface area contributed by atoms with E-state index in [1.165, 1.54) is 5.56 Å². The van der Waals surface area contributed by atoms with Crippen molar-refractivity contribution in [2.75, 3.05) is 36.5 Å². The van der Waals surface area contributed by atoms with E-state index in [4.69, 9.17) is 4.74 Å². The van der Waals surface area contributed by atoms with Crippen LogP contribution in [0.2, 0.25) is 0 Å². The van der Waals surface area contributed by atoms with Crippen LogP contribution in [-0.2, 0) is 4.74 Å². The summed E-state index contributed by atoms with van der Waals surface area (Å²) >= 11 is 0. The highest BCUT2D eigenvalue weighted by atomic mass is 16.5. The number of morpholine rings is 1. The number of ether oxygens (including phenoxy) is 1. The summed E-state index contributed by atoms with van der Waals surface area (Å²) in [4.78, 5) is 19.4. The largest absolute Gasteiger partial charge is 0.378 e. The van der Waals surface area contributed by atoms with Crippen LogP contribution in [0.1, 0.15) is 35.7 Å². The van der Waals surface area contributed by atoms with Crippen molar-refractivity contribution in [1.29, 1.82) is 0 Å².